The number of nitrogens with one attached hydrogen (secondary N) is 1. The Bertz CT molecular complexity index is 626. The highest BCUT2D eigenvalue weighted by molar-refractivity contribution is 5.95. The van der Waals surface area contributed by atoms with Gasteiger partial charge in [0.1, 0.15) is 6.04 Å². The number of nitrogens with zero attached hydrogens (tertiary/aromatic N) is 1. The van der Waals surface area contributed by atoms with E-state index >= 15 is 0 Å². The first-order valence-electron chi connectivity index (χ1n) is 7.80. The fraction of sp³-hybridized carbons (Fsp3) is 0.562. The molecule has 1 aromatic heterocycles. The zero-order valence-corrected chi connectivity index (χ0v) is 12.9. The number of hydrogen-bond acceptors (Lipinski definition) is 4. The molecule has 0 radical (unpaired) electrons. The maximum Gasteiger partial charge on any atom is 0.311 e. The summed E-state index contributed by atoms with van der Waals surface area (Å²) in [5, 5.41) is 12.2. The molecule has 124 valence electrons. The Balaban J connectivity index is 1.65. The topological polar surface area (TPSA) is 99.9 Å². The summed E-state index contributed by atoms with van der Waals surface area (Å²) in [6.45, 7) is 2.28. The molecule has 7 nitrogen and oxygen atoms in total. The molecular weight excluding hydrogens is 300 g/mol. The molecule has 1 aliphatic heterocycles. The number of rotatable bonds is 4. The predicted octanol–water partition coefficient (Wildman–Crippen LogP) is 1.11. The monoisotopic (exact) mass is 320 g/mol. The van der Waals surface area contributed by atoms with Crippen molar-refractivity contribution in [3.8, 4) is 0 Å². The quantitative estimate of drug-likeness (QED) is 0.865. The van der Waals surface area contributed by atoms with Crippen molar-refractivity contribution in [3.63, 3.8) is 0 Å². The molecule has 23 heavy (non-hydrogen) atoms. The SMILES string of the molecule is CC(NC(=O)c1ccco1)C(=O)N1C[C@@H]2CCC[C@@]2(C(=O)O)C1. The van der Waals surface area contributed by atoms with Crippen molar-refractivity contribution in [2.75, 3.05) is 13.1 Å². The number of carboxylic acids is 1. The van der Waals surface area contributed by atoms with E-state index in [0.717, 1.165) is 12.8 Å². The molecule has 1 saturated carbocycles. The van der Waals surface area contributed by atoms with Crippen LogP contribution in [0.1, 0.15) is 36.7 Å². The number of carbonyl (C=O) groups is 3. The zero-order chi connectivity index (χ0) is 16.6. The van der Waals surface area contributed by atoms with E-state index in [9.17, 15) is 19.5 Å². The lowest BCUT2D eigenvalue weighted by Gasteiger charge is -2.25. The maximum absolute atomic E-state index is 12.5. The van der Waals surface area contributed by atoms with Crippen LogP contribution >= 0.6 is 0 Å². The van der Waals surface area contributed by atoms with Gasteiger partial charge in [0.25, 0.3) is 5.91 Å². The second kappa shape index (κ2) is 5.72. The van der Waals surface area contributed by atoms with Crippen LogP contribution < -0.4 is 5.32 Å². The van der Waals surface area contributed by atoms with E-state index in [-0.39, 0.29) is 24.1 Å². The molecule has 2 heterocycles. The second-order valence-electron chi connectivity index (χ2n) is 6.44. The minimum absolute atomic E-state index is 0.0110. The van der Waals surface area contributed by atoms with Crippen molar-refractivity contribution in [3.05, 3.63) is 24.2 Å². The van der Waals surface area contributed by atoms with Crippen molar-refractivity contribution in [1.82, 2.24) is 10.2 Å². The molecule has 1 aliphatic carbocycles. The summed E-state index contributed by atoms with van der Waals surface area (Å²) in [7, 11) is 0. The zero-order valence-electron chi connectivity index (χ0n) is 12.9. The van der Waals surface area contributed by atoms with Gasteiger partial charge in [-0.2, -0.15) is 0 Å². The summed E-state index contributed by atoms with van der Waals surface area (Å²) in [5.74, 6) is -1.37. The van der Waals surface area contributed by atoms with Crippen LogP contribution in [0.2, 0.25) is 0 Å². The van der Waals surface area contributed by atoms with Gasteiger partial charge in [0.05, 0.1) is 11.7 Å². The first-order chi connectivity index (χ1) is 10.9. The molecule has 3 atom stereocenters. The van der Waals surface area contributed by atoms with E-state index in [1.807, 2.05) is 0 Å². The number of likely N-dealkylation sites (tertiary alicyclic amines) is 1. The molecule has 0 aromatic carbocycles. The molecule has 2 aliphatic rings. The van der Waals surface area contributed by atoms with Crippen molar-refractivity contribution in [1.29, 1.82) is 0 Å². The van der Waals surface area contributed by atoms with Crippen LogP contribution in [-0.2, 0) is 9.59 Å². The number of amides is 2. The first-order valence-corrected chi connectivity index (χ1v) is 7.80. The van der Waals surface area contributed by atoms with E-state index in [4.69, 9.17) is 4.42 Å². The van der Waals surface area contributed by atoms with Crippen LogP contribution in [0.5, 0.6) is 0 Å². The van der Waals surface area contributed by atoms with Gasteiger partial charge in [-0.25, -0.2) is 0 Å². The average molecular weight is 320 g/mol. The molecule has 1 aromatic rings. The van der Waals surface area contributed by atoms with E-state index in [2.05, 4.69) is 5.32 Å². The van der Waals surface area contributed by atoms with Crippen molar-refractivity contribution < 1.29 is 23.9 Å². The number of furan rings is 1. The molecular formula is C16H20N2O5. The van der Waals surface area contributed by atoms with Crippen LogP contribution in [0.15, 0.2) is 22.8 Å². The van der Waals surface area contributed by atoms with Crippen molar-refractivity contribution in [2.24, 2.45) is 11.3 Å². The molecule has 1 saturated heterocycles. The summed E-state index contributed by atoms with van der Waals surface area (Å²) in [6.07, 6.45) is 3.73. The fourth-order valence-corrected chi connectivity index (χ4v) is 3.82. The van der Waals surface area contributed by atoms with Gasteiger partial charge in [-0.1, -0.05) is 6.42 Å². The maximum atomic E-state index is 12.5. The van der Waals surface area contributed by atoms with E-state index in [0.29, 0.717) is 13.0 Å². The Labute approximate surface area is 133 Å². The Kier molecular flexibility index (Phi) is 3.87. The highest BCUT2D eigenvalue weighted by Gasteiger charge is 2.56. The van der Waals surface area contributed by atoms with E-state index < -0.39 is 23.3 Å². The summed E-state index contributed by atoms with van der Waals surface area (Å²) >= 11 is 0. The highest BCUT2D eigenvalue weighted by Crippen LogP contribution is 2.48. The van der Waals surface area contributed by atoms with Crippen molar-refractivity contribution >= 4 is 17.8 Å². The lowest BCUT2D eigenvalue weighted by atomic mass is 9.81. The third-order valence-electron chi connectivity index (χ3n) is 5.07. The summed E-state index contributed by atoms with van der Waals surface area (Å²) in [6, 6.07) is 2.39. The molecule has 2 fully saturated rings. The van der Waals surface area contributed by atoms with Crippen LogP contribution in [0.3, 0.4) is 0 Å². The van der Waals surface area contributed by atoms with Crippen LogP contribution in [0.25, 0.3) is 0 Å². The number of carbonyl (C=O) groups excluding carboxylic acids is 2. The fourth-order valence-electron chi connectivity index (χ4n) is 3.82. The summed E-state index contributed by atoms with van der Waals surface area (Å²) < 4.78 is 4.99. The Morgan fingerprint density at radius 3 is 2.87 bits per heavy atom. The largest absolute Gasteiger partial charge is 0.481 e. The number of carboxylic acid groups (broad SMARTS) is 1. The molecule has 7 heteroatoms. The third-order valence-corrected chi connectivity index (χ3v) is 5.07. The molecule has 2 amide bonds. The summed E-state index contributed by atoms with van der Waals surface area (Å²) in [4.78, 5) is 37.7. The van der Waals surface area contributed by atoms with Crippen LogP contribution in [-0.4, -0.2) is 46.9 Å². The van der Waals surface area contributed by atoms with Gasteiger partial charge in [-0.15, -0.1) is 0 Å². The molecule has 3 rings (SSSR count). The number of fused-ring (bicyclic) bond motifs is 1. The first kappa shape index (κ1) is 15.6. The molecule has 2 N–H and O–H groups in total. The molecule has 1 unspecified atom stereocenters. The number of aliphatic carboxylic acids is 1. The van der Waals surface area contributed by atoms with Gasteiger partial charge in [-0.3, -0.25) is 14.4 Å². The number of hydrogen-bond donors (Lipinski definition) is 2. The summed E-state index contributed by atoms with van der Waals surface area (Å²) in [5.41, 5.74) is -0.805. The van der Waals surface area contributed by atoms with Gasteiger partial charge >= 0.3 is 5.97 Å². The Hall–Kier alpha value is -2.31. The highest BCUT2D eigenvalue weighted by atomic mass is 16.4. The minimum Gasteiger partial charge on any atom is -0.481 e. The van der Waals surface area contributed by atoms with Gasteiger partial charge in [0, 0.05) is 13.1 Å². The van der Waals surface area contributed by atoms with E-state index in [1.54, 1.807) is 17.9 Å². The molecule has 0 bridgehead atoms. The van der Waals surface area contributed by atoms with Gasteiger partial charge < -0.3 is 19.7 Å². The van der Waals surface area contributed by atoms with Gasteiger partial charge in [0.15, 0.2) is 5.76 Å². The smallest absolute Gasteiger partial charge is 0.311 e. The predicted molar refractivity (Wildman–Crippen MR) is 79.6 cm³/mol. The Morgan fingerprint density at radius 2 is 2.26 bits per heavy atom. The normalized spacial score (nSPS) is 27.5. The van der Waals surface area contributed by atoms with Crippen LogP contribution in [0.4, 0.5) is 0 Å². The second-order valence-corrected chi connectivity index (χ2v) is 6.44. The Morgan fingerprint density at radius 1 is 1.48 bits per heavy atom. The lowest BCUT2D eigenvalue weighted by Crippen LogP contribution is -2.47. The third kappa shape index (κ3) is 2.60. The standard InChI is InChI=1S/C16H20N2O5/c1-10(17-13(19)12-5-3-7-23-12)14(20)18-8-11-4-2-6-16(11,9-18)15(21)22/h3,5,7,10-11H,2,4,6,8-9H2,1H3,(H,17,19)(H,21,22)/t10?,11-,16+/m0/s1. The average Bonchev–Trinajstić information content (AvgIpc) is 3.21. The van der Waals surface area contributed by atoms with E-state index in [1.165, 1.54) is 12.3 Å². The van der Waals surface area contributed by atoms with Gasteiger partial charge in [-0.05, 0) is 37.8 Å². The van der Waals surface area contributed by atoms with Crippen molar-refractivity contribution in [2.45, 2.75) is 32.2 Å². The molecule has 0 spiro atoms. The minimum atomic E-state index is -0.817. The van der Waals surface area contributed by atoms with Crippen LogP contribution in [0, 0.1) is 11.3 Å². The lowest BCUT2D eigenvalue weighted by molar-refractivity contribution is -0.149. The van der Waals surface area contributed by atoms with Gasteiger partial charge in [0.2, 0.25) is 5.91 Å².